The van der Waals surface area contributed by atoms with Crippen LogP contribution in [0, 0.1) is 17.7 Å². The van der Waals surface area contributed by atoms with Crippen molar-refractivity contribution in [3.8, 4) is 0 Å². The van der Waals surface area contributed by atoms with E-state index in [1.807, 2.05) is 12.2 Å². The van der Waals surface area contributed by atoms with E-state index < -0.39 is 41.6 Å². The van der Waals surface area contributed by atoms with Gasteiger partial charge in [-0.15, -0.1) is 0 Å². The summed E-state index contributed by atoms with van der Waals surface area (Å²) >= 11 is 0. The molecule has 6 nitrogen and oxygen atoms in total. The Morgan fingerprint density at radius 2 is 1.56 bits per heavy atom. The first-order valence-corrected chi connectivity index (χ1v) is 8.83. The van der Waals surface area contributed by atoms with Gasteiger partial charge < -0.3 is 4.74 Å². The SMILES string of the molecule is C[C@@H](OC(=O)[C@H](C)N1C(=O)[C@H]2CC=CC[C@@H]2C1=O)C(=O)c1ccc(F)cc1. The van der Waals surface area contributed by atoms with Crippen LogP contribution in [0.3, 0.4) is 0 Å². The second-order valence-corrected chi connectivity index (χ2v) is 6.83. The predicted molar refractivity (Wildman–Crippen MR) is 93.0 cm³/mol. The van der Waals surface area contributed by atoms with Crippen molar-refractivity contribution in [1.82, 2.24) is 4.90 Å². The van der Waals surface area contributed by atoms with Crippen LogP contribution in [0.25, 0.3) is 0 Å². The molecule has 0 N–H and O–H groups in total. The Kier molecular flexibility index (Phi) is 5.21. The van der Waals surface area contributed by atoms with Gasteiger partial charge in [0.1, 0.15) is 11.9 Å². The number of esters is 1. The number of fused-ring (bicyclic) bond motifs is 1. The van der Waals surface area contributed by atoms with Crippen LogP contribution in [-0.2, 0) is 19.1 Å². The highest BCUT2D eigenvalue weighted by atomic mass is 19.1. The van der Waals surface area contributed by atoms with Gasteiger partial charge in [-0.1, -0.05) is 12.2 Å². The molecule has 142 valence electrons. The van der Waals surface area contributed by atoms with Crippen molar-refractivity contribution in [2.45, 2.75) is 38.8 Å². The van der Waals surface area contributed by atoms with Crippen molar-refractivity contribution in [2.24, 2.45) is 11.8 Å². The number of imide groups is 1. The molecule has 0 unspecified atom stereocenters. The molecule has 1 heterocycles. The number of hydrogen-bond donors (Lipinski definition) is 0. The maximum absolute atomic E-state index is 13.0. The van der Waals surface area contributed by atoms with Crippen LogP contribution < -0.4 is 0 Å². The molecule has 27 heavy (non-hydrogen) atoms. The Morgan fingerprint density at radius 3 is 2.07 bits per heavy atom. The number of carbonyl (C=O) groups excluding carboxylic acids is 4. The smallest absolute Gasteiger partial charge is 0.329 e. The first kappa shape index (κ1) is 18.9. The molecular weight excluding hydrogens is 353 g/mol. The number of rotatable bonds is 5. The fraction of sp³-hybridized carbons (Fsp3) is 0.400. The van der Waals surface area contributed by atoms with E-state index in [2.05, 4.69) is 0 Å². The molecule has 0 saturated carbocycles. The zero-order chi connectivity index (χ0) is 19.7. The lowest BCUT2D eigenvalue weighted by molar-refractivity contribution is -0.159. The number of hydrogen-bond acceptors (Lipinski definition) is 5. The predicted octanol–water partition coefficient (Wildman–Crippen LogP) is 2.28. The van der Waals surface area contributed by atoms with Crippen LogP contribution in [-0.4, -0.2) is 40.6 Å². The lowest BCUT2D eigenvalue weighted by atomic mass is 9.85. The normalized spacial score (nSPS) is 23.7. The van der Waals surface area contributed by atoms with Crippen LogP contribution in [0.5, 0.6) is 0 Å². The summed E-state index contributed by atoms with van der Waals surface area (Å²) in [6, 6.07) is 3.77. The molecule has 0 bridgehead atoms. The van der Waals surface area contributed by atoms with Gasteiger partial charge in [0, 0.05) is 5.56 Å². The Morgan fingerprint density at radius 1 is 1.04 bits per heavy atom. The Hall–Kier alpha value is -2.83. The van der Waals surface area contributed by atoms with Crippen LogP contribution in [0.4, 0.5) is 4.39 Å². The number of benzene rings is 1. The van der Waals surface area contributed by atoms with Crippen LogP contribution in [0.1, 0.15) is 37.0 Å². The van der Waals surface area contributed by atoms with E-state index in [1.165, 1.54) is 26.0 Å². The van der Waals surface area contributed by atoms with Crippen molar-refractivity contribution in [3.05, 3.63) is 47.8 Å². The minimum absolute atomic E-state index is 0.203. The van der Waals surface area contributed by atoms with Crippen molar-refractivity contribution in [2.75, 3.05) is 0 Å². The summed E-state index contributed by atoms with van der Waals surface area (Å²) < 4.78 is 18.1. The van der Waals surface area contributed by atoms with Gasteiger partial charge in [-0.2, -0.15) is 0 Å². The average Bonchev–Trinajstić information content (AvgIpc) is 2.92. The maximum atomic E-state index is 13.0. The van der Waals surface area contributed by atoms with E-state index in [4.69, 9.17) is 4.74 Å². The first-order valence-electron chi connectivity index (χ1n) is 8.83. The molecule has 0 spiro atoms. The number of likely N-dealkylation sites (tertiary alicyclic amines) is 1. The minimum atomic E-state index is -1.12. The van der Waals surface area contributed by atoms with Crippen molar-refractivity contribution < 1.29 is 28.3 Å². The van der Waals surface area contributed by atoms with Gasteiger partial charge in [0.15, 0.2) is 6.10 Å². The van der Waals surface area contributed by atoms with E-state index in [1.54, 1.807) is 0 Å². The summed E-state index contributed by atoms with van der Waals surface area (Å²) in [5, 5.41) is 0. The summed E-state index contributed by atoms with van der Waals surface area (Å²) in [5.74, 6) is -3.43. The van der Waals surface area contributed by atoms with Crippen molar-refractivity contribution in [3.63, 3.8) is 0 Å². The molecule has 1 aromatic carbocycles. The zero-order valence-corrected chi connectivity index (χ0v) is 15.1. The molecule has 3 rings (SSSR count). The highest BCUT2D eigenvalue weighted by molar-refractivity contribution is 6.08. The van der Waals surface area contributed by atoms with Gasteiger partial charge in [-0.05, 0) is 51.0 Å². The first-order chi connectivity index (χ1) is 12.8. The fourth-order valence-electron chi connectivity index (χ4n) is 3.49. The Bertz CT molecular complexity index is 790. The van der Waals surface area contributed by atoms with E-state index in [9.17, 15) is 23.6 Å². The number of nitrogens with zero attached hydrogens (tertiary/aromatic N) is 1. The van der Waals surface area contributed by atoms with Gasteiger partial charge in [0.05, 0.1) is 11.8 Å². The molecular formula is C20H20FNO5. The van der Waals surface area contributed by atoms with Crippen molar-refractivity contribution >= 4 is 23.6 Å². The number of carbonyl (C=O) groups is 4. The third kappa shape index (κ3) is 3.54. The topological polar surface area (TPSA) is 80.8 Å². The molecule has 7 heteroatoms. The molecule has 0 aromatic heterocycles. The van der Waals surface area contributed by atoms with E-state index in [0.717, 1.165) is 17.0 Å². The third-order valence-corrected chi connectivity index (χ3v) is 5.06. The van der Waals surface area contributed by atoms with Gasteiger partial charge in [-0.3, -0.25) is 19.3 Å². The molecule has 1 aliphatic carbocycles. The summed E-state index contributed by atoms with van der Waals surface area (Å²) in [4.78, 5) is 50.8. The fourth-order valence-corrected chi connectivity index (χ4v) is 3.49. The molecule has 1 fully saturated rings. The van der Waals surface area contributed by atoms with E-state index >= 15 is 0 Å². The molecule has 2 aliphatic rings. The number of Topliss-reactive ketones (excluding diaryl/α,β-unsaturated/α-hetero) is 1. The molecule has 4 atom stereocenters. The quantitative estimate of drug-likeness (QED) is 0.342. The molecule has 1 aromatic rings. The van der Waals surface area contributed by atoms with Gasteiger partial charge in [0.25, 0.3) is 0 Å². The molecule has 1 saturated heterocycles. The highest BCUT2D eigenvalue weighted by Crippen LogP contribution is 2.36. The van der Waals surface area contributed by atoms with E-state index in [-0.39, 0.29) is 17.4 Å². The monoisotopic (exact) mass is 373 g/mol. The summed E-state index contributed by atoms with van der Waals surface area (Å²) in [6.45, 7) is 2.81. The maximum Gasteiger partial charge on any atom is 0.329 e. The van der Waals surface area contributed by atoms with E-state index in [0.29, 0.717) is 12.8 Å². The number of ether oxygens (including phenoxy) is 1. The third-order valence-electron chi connectivity index (χ3n) is 5.06. The van der Waals surface area contributed by atoms with Gasteiger partial charge >= 0.3 is 5.97 Å². The minimum Gasteiger partial charge on any atom is -0.453 e. The Balaban J connectivity index is 1.67. The second kappa shape index (κ2) is 7.42. The standard InChI is InChI=1S/C20H20FNO5/c1-11(22-18(24)15-5-3-4-6-16(15)19(22)25)20(26)27-12(2)17(23)13-7-9-14(21)10-8-13/h3-4,7-12,15-16H,5-6H2,1-2H3/t11-,12+,15-,16-/m0/s1. The largest absolute Gasteiger partial charge is 0.453 e. The van der Waals surface area contributed by atoms with Crippen LogP contribution >= 0.6 is 0 Å². The molecule has 2 amide bonds. The van der Waals surface area contributed by atoms with Gasteiger partial charge in [-0.25, -0.2) is 9.18 Å². The summed E-state index contributed by atoms with van der Waals surface area (Å²) in [5.41, 5.74) is 0.203. The zero-order valence-electron chi connectivity index (χ0n) is 15.1. The highest BCUT2D eigenvalue weighted by Gasteiger charge is 2.50. The number of amides is 2. The Labute approximate surface area is 156 Å². The lowest BCUT2D eigenvalue weighted by Crippen LogP contribution is -2.45. The van der Waals surface area contributed by atoms with Crippen LogP contribution in [0.15, 0.2) is 36.4 Å². The molecule has 0 radical (unpaired) electrons. The van der Waals surface area contributed by atoms with Crippen LogP contribution in [0.2, 0.25) is 0 Å². The second-order valence-electron chi connectivity index (χ2n) is 6.83. The number of allylic oxidation sites excluding steroid dienone is 2. The summed E-state index contributed by atoms with van der Waals surface area (Å²) in [6.07, 6.45) is 3.56. The average molecular weight is 373 g/mol. The van der Waals surface area contributed by atoms with Gasteiger partial charge in [0.2, 0.25) is 17.6 Å². The summed E-state index contributed by atoms with van der Waals surface area (Å²) in [7, 11) is 0. The lowest BCUT2D eigenvalue weighted by Gasteiger charge is -2.23. The number of ketones is 1. The van der Waals surface area contributed by atoms with Crippen molar-refractivity contribution in [1.29, 1.82) is 0 Å². The molecule has 1 aliphatic heterocycles. The number of halogens is 1.